The fourth-order valence-electron chi connectivity index (χ4n) is 2.50. The molecule has 1 heterocycles. The summed E-state index contributed by atoms with van der Waals surface area (Å²) < 4.78 is 0. The Hall–Kier alpha value is -0.830. The Balaban J connectivity index is 2.26. The van der Waals surface area contributed by atoms with Crippen molar-refractivity contribution in [2.45, 2.75) is 65.3 Å². The average Bonchev–Trinajstić information content (AvgIpc) is 2.69. The van der Waals surface area contributed by atoms with Gasteiger partial charge in [0.05, 0.1) is 0 Å². The van der Waals surface area contributed by atoms with Gasteiger partial charge in [0.1, 0.15) is 16.8 Å². The highest BCUT2D eigenvalue weighted by Crippen LogP contribution is 2.30. The molecule has 2 unspecified atom stereocenters. The van der Waals surface area contributed by atoms with Gasteiger partial charge in [-0.15, -0.1) is 0 Å². The summed E-state index contributed by atoms with van der Waals surface area (Å²) in [5.74, 6) is 2.51. The zero-order valence-corrected chi connectivity index (χ0v) is 13.3. The van der Waals surface area contributed by atoms with Crippen molar-refractivity contribution >= 4 is 17.4 Å². The number of hydrogen-bond acceptors (Lipinski definition) is 3. The molecule has 106 valence electrons. The van der Waals surface area contributed by atoms with Gasteiger partial charge in [0.2, 0.25) is 0 Å². The Morgan fingerprint density at radius 3 is 2.42 bits per heavy atom. The van der Waals surface area contributed by atoms with Crippen LogP contribution in [0.4, 0.5) is 5.82 Å². The van der Waals surface area contributed by atoms with Crippen molar-refractivity contribution in [3.63, 3.8) is 0 Å². The van der Waals surface area contributed by atoms with E-state index in [1.807, 2.05) is 6.92 Å². The van der Waals surface area contributed by atoms with Crippen molar-refractivity contribution in [3.05, 3.63) is 16.5 Å². The van der Waals surface area contributed by atoms with Crippen molar-refractivity contribution in [1.29, 1.82) is 0 Å². The minimum atomic E-state index is -0.0866. The minimum Gasteiger partial charge on any atom is -0.367 e. The lowest BCUT2D eigenvalue weighted by Gasteiger charge is -2.21. The molecule has 1 N–H and O–H groups in total. The molecule has 0 bridgehead atoms. The summed E-state index contributed by atoms with van der Waals surface area (Å²) in [6.45, 7) is 10.6. The lowest BCUT2D eigenvalue weighted by molar-refractivity contribution is 0.544. The van der Waals surface area contributed by atoms with E-state index in [0.717, 1.165) is 23.1 Å². The molecular weight excluding hydrogens is 258 g/mol. The highest BCUT2D eigenvalue weighted by atomic mass is 35.5. The fraction of sp³-hybridized carbons (Fsp3) is 0.733. The lowest BCUT2D eigenvalue weighted by atomic mass is 9.95. The van der Waals surface area contributed by atoms with Crippen molar-refractivity contribution in [2.24, 2.45) is 5.92 Å². The van der Waals surface area contributed by atoms with E-state index in [-0.39, 0.29) is 5.41 Å². The first-order valence-electron chi connectivity index (χ1n) is 7.08. The normalized spacial score (nSPS) is 23.7. The zero-order chi connectivity index (χ0) is 14.2. The predicted octanol–water partition coefficient (Wildman–Crippen LogP) is 4.34. The van der Waals surface area contributed by atoms with Crippen LogP contribution in [0.5, 0.6) is 0 Å². The van der Waals surface area contributed by atoms with E-state index in [0.29, 0.717) is 11.2 Å². The van der Waals surface area contributed by atoms with Crippen LogP contribution in [0, 0.1) is 12.8 Å². The summed E-state index contributed by atoms with van der Waals surface area (Å²) in [6, 6.07) is 0.521. The van der Waals surface area contributed by atoms with Crippen molar-refractivity contribution in [2.75, 3.05) is 5.32 Å². The Kier molecular flexibility index (Phi) is 4.05. The molecule has 4 heteroatoms. The molecule has 1 aromatic heterocycles. The Bertz CT molecular complexity index is 465. The number of aromatic nitrogens is 2. The van der Waals surface area contributed by atoms with Gasteiger partial charge in [-0.3, -0.25) is 0 Å². The molecule has 0 saturated heterocycles. The first kappa shape index (κ1) is 14.6. The number of nitrogens with zero attached hydrogens (tertiary/aromatic N) is 2. The third kappa shape index (κ3) is 3.38. The second kappa shape index (κ2) is 5.28. The van der Waals surface area contributed by atoms with Crippen LogP contribution < -0.4 is 5.32 Å². The molecule has 1 aliphatic carbocycles. The second-order valence-corrected chi connectivity index (χ2v) is 7.18. The van der Waals surface area contributed by atoms with E-state index in [1.54, 1.807) is 0 Å². The van der Waals surface area contributed by atoms with E-state index in [4.69, 9.17) is 11.6 Å². The summed E-state index contributed by atoms with van der Waals surface area (Å²) >= 11 is 6.25. The van der Waals surface area contributed by atoms with Crippen molar-refractivity contribution in [1.82, 2.24) is 9.97 Å². The third-order valence-electron chi connectivity index (χ3n) is 3.79. The first-order valence-corrected chi connectivity index (χ1v) is 7.46. The standard InChI is InChI=1S/C15H24ClN3/c1-9-6-7-11(8-9)17-13-10(2)12(16)18-14(19-13)15(3,4)5/h9,11H,6-8H2,1-5H3,(H,17,18,19). The number of hydrogen-bond donors (Lipinski definition) is 1. The largest absolute Gasteiger partial charge is 0.367 e. The van der Waals surface area contributed by atoms with Gasteiger partial charge in [0.15, 0.2) is 0 Å². The summed E-state index contributed by atoms with van der Waals surface area (Å²) in [7, 11) is 0. The van der Waals surface area contributed by atoms with Gasteiger partial charge >= 0.3 is 0 Å². The van der Waals surface area contributed by atoms with Crippen LogP contribution in [0.2, 0.25) is 5.15 Å². The van der Waals surface area contributed by atoms with Crippen LogP contribution in [0.15, 0.2) is 0 Å². The van der Waals surface area contributed by atoms with Crippen LogP contribution in [0.3, 0.4) is 0 Å². The molecular formula is C15H24ClN3. The van der Waals surface area contributed by atoms with E-state index < -0.39 is 0 Å². The minimum absolute atomic E-state index is 0.0866. The van der Waals surface area contributed by atoms with Crippen LogP contribution in [0.1, 0.15) is 58.3 Å². The van der Waals surface area contributed by atoms with Gasteiger partial charge < -0.3 is 5.32 Å². The number of halogens is 1. The molecule has 0 amide bonds. The molecule has 2 rings (SSSR count). The number of anilines is 1. The number of nitrogens with one attached hydrogen (secondary N) is 1. The third-order valence-corrected chi connectivity index (χ3v) is 4.16. The summed E-state index contributed by atoms with van der Waals surface area (Å²) in [6.07, 6.45) is 3.72. The van der Waals surface area contributed by atoms with Gasteiger partial charge in [-0.2, -0.15) is 0 Å². The zero-order valence-electron chi connectivity index (χ0n) is 12.5. The summed E-state index contributed by atoms with van der Waals surface area (Å²) in [4.78, 5) is 9.09. The molecule has 0 spiro atoms. The van der Waals surface area contributed by atoms with Gasteiger partial charge in [0.25, 0.3) is 0 Å². The predicted molar refractivity (Wildman–Crippen MR) is 80.9 cm³/mol. The molecule has 1 aromatic rings. The van der Waals surface area contributed by atoms with Crippen molar-refractivity contribution in [3.8, 4) is 0 Å². The van der Waals surface area contributed by atoms with Gasteiger partial charge in [-0.25, -0.2) is 9.97 Å². The molecule has 1 fully saturated rings. The fourth-order valence-corrected chi connectivity index (χ4v) is 2.67. The van der Waals surface area contributed by atoms with Crippen LogP contribution in [-0.2, 0) is 5.41 Å². The van der Waals surface area contributed by atoms with E-state index in [9.17, 15) is 0 Å². The lowest BCUT2D eigenvalue weighted by Crippen LogP contribution is -2.22. The van der Waals surface area contributed by atoms with E-state index in [2.05, 4.69) is 43.0 Å². The topological polar surface area (TPSA) is 37.8 Å². The maximum absolute atomic E-state index is 6.25. The Labute approximate surface area is 121 Å². The molecule has 1 aliphatic rings. The van der Waals surface area contributed by atoms with Crippen LogP contribution >= 0.6 is 11.6 Å². The summed E-state index contributed by atoms with van der Waals surface area (Å²) in [5.41, 5.74) is 0.866. The highest BCUT2D eigenvalue weighted by molar-refractivity contribution is 6.30. The SMILES string of the molecule is Cc1c(Cl)nc(C(C)(C)C)nc1NC1CCC(C)C1. The quantitative estimate of drug-likeness (QED) is 0.820. The van der Waals surface area contributed by atoms with Crippen LogP contribution in [0.25, 0.3) is 0 Å². The van der Waals surface area contributed by atoms with Crippen molar-refractivity contribution < 1.29 is 0 Å². The molecule has 1 saturated carbocycles. The van der Waals surface area contributed by atoms with Gasteiger partial charge in [0, 0.05) is 17.0 Å². The van der Waals surface area contributed by atoms with Crippen LogP contribution in [-0.4, -0.2) is 16.0 Å². The van der Waals surface area contributed by atoms with E-state index in [1.165, 1.54) is 19.3 Å². The smallest absolute Gasteiger partial charge is 0.137 e. The monoisotopic (exact) mass is 281 g/mol. The average molecular weight is 282 g/mol. The molecule has 3 nitrogen and oxygen atoms in total. The maximum Gasteiger partial charge on any atom is 0.137 e. The highest BCUT2D eigenvalue weighted by Gasteiger charge is 2.24. The molecule has 2 atom stereocenters. The second-order valence-electron chi connectivity index (χ2n) is 6.82. The first-order chi connectivity index (χ1) is 8.77. The summed E-state index contributed by atoms with van der Waals surface area (Å²) in [5, 5.41) is 4.12. The molecule has 0 aromatic carbocycles. The van der Waals surface area contributed by atoms with Gasteiger partial charge in [-0.1, -0.05) is 39.3 Å². The Morgan fingerprint density at radius 2 is 1.89 bits per heavy atom. The maximum atomic E-state index is 6.25. The molecule has 0 aliphatic heterocycles. The Morgan fingerprint density at radius 1 is 1.21 bits per heavy atom. The van der Waals surface area contributed by atoms with E-state index >= 15 is 0 Å². The molecule has 19 heavy (non-hydrogen) atoms. The molecule has 0 radical (unpaired) electrons. The number of rotatable bonds is 2. The van der Waals surface area contributed by atoms with Gasteiger partial charge in [-0.05, 0) is 32.1 Å².